The van der Waals surface area contributed by atoms with Crippen molar-refractivity contribution in [3.63, 3.8) is 0 Å². The molecule has 1 saturated heterocycles. The standard InChI is InChI=1S/C15H18N2O2S/c1-2-5-11-10-12(16-19-11)13-6-3-8-17(13)15(18)14-7-4-9-20-14/h4,7,9-10,13H,2-3,5-6,8H2,1H3/t13-/m0/s1. The van der Waals surface area contributed by atoms with Crippen LogP contribution in [-0.2, 0) is 6.42 Å². The van der Waals surface area contributed by atoms with E-state index in [1.165, 1.54) is 11.3 Å². The molecule has 0 spiro atoms. The molecule has 0 aliphatic carbocycles. The smallest absolute Gasteiger partial charge is 0.264 e. The molecule has 1 aliphatic rings. The van der Waals surface area contributed by atoms with E-state index in [4.69, 9.17) is 4.52 Å². The van der Waals surface area contributed by atoms with Crippen LogP contribution >= 0.6 is 11.3 Å². The fraction of sp³-hybridized carbons (Fsp3) is 0.467. The van der Waals surface area contributed by atoms with Gasteiger partial charge in [0.15, 0.2) is 0 Å². The molecule has 106 valence electrons. The lowest BCUT2D eigenvalue weighted by Gasteiger charge is -2.22. The summed E-state index contributed by atoms with van der Waals surface area (Å²) in [4.78, 5) is 15.2. The van der Waals surface area contributed by atoms with Crippen LogP contribution in [0.25, 0.3) is 0 Å². The Kier molecular flexibility index (Phi) is 3.87. The maximum Gasteiger partial charge on any atom is 0.264 e. The molecule has 3 heterocycles. The second-order valence-corrected chi connectivity index (χ2v) is 6.05. The van der Waals surface area contributed by atoms with Crippen molar-refractivity contribution >= 4 is 17.2 Å². The van der Waals surface area contributed by atoms with Crippen molar-refractivity contribution in [2.75, 3.05) is 6.54 Å². The number of hydrogen-bond donors (Lipinski definition) is 0. The summed E-state index contributed by atoms with van der Waals surface area (Å²) in [6.45, 7) is 2.92. The number of amides is 1. The Morgan fingerprint density at radius 3 is 3.25 bits per heavy atom. The molecule has 1 aliphatic heterocycles. The lowest BCUT2D eigenvalue weighted by molar-refractivity contribution is 0.0736. The van der Waals surface area contributed by atoms with Gasteiger partial charge in [-0.15, -0.1) is 11.3 Å². The monoisotopic (exact) mass is 290 g/mol. The molecule has 2 aromatic rings. The Morgan fingerprint density at radius 1 is 1.60 bits per heavy atom. The topological polar surface area (TPSA) is 46.3 Å². The van der Waals surface area contributed by atoms with Crippen molar-refractivity contribution in [2.45, 2.75) is 38.6 Å². The molecule has 4 nitrogen and oxygen atoms in total. The van der Waals surface area contributed by atoms with Crippen LogP contribution in [0.2, 0.25) is 0 Å². The molecule has 20 heavy (non-hydrogen) atoms. The molecule has 2 aromatic heterocycles. The zero-order valence-corrected chi connectivity index (χ0v) is 12.4. The normalized spacial score (nSPS) is 18.6. The molecule has 0 saturated carbocycles. The molecule has 3 rings (SSSR count). The van der Waals surface area contributed by atoms with Crippen LogP contribution in [0.4, 0.5) is 0 Å². The van der Waals surface area contributed by atoms with E-state index in [9.17, 15) is 4.79 Å². The van der Waals surface area contributed by atoms with Crippen molar-refractivity contribution in [1.29, 1.82) is 0 Å². The summed E-state index contributed by atoms with van der Waals surface area (Å²) in [5.74, 6) is 1.03. The van der Waals surface area contributed by atoms with Crippen LogP contribution < -0.4 is 0 Å². The molecule has 1 amide bonds. The number of likely N-dealkylation sites (tertiary alicyclic amines) is 1. The number of aryl methyl sites for hydroxylation is 1. The highest BCUT2D eigenvalue weighted by Crippen LogP contribution is 2.33. The minimum Gasteiger partial charge on any atom is -0.361 e. The Morgan fingerprint density at radius 2 is 2.50 bits per heavy atom. The first-order valence-corrected chi connectivity index (χ1v) is 7.97. The van der Waals surface area contributed by atoms with E-state index >= 15 is 0 Å². The second kappa shape index (κ2) is 5.79. The van der Waals surface area contributed by atoms with E-state index in [1.54, 1.807) is 0 Å². The summed E-state index contributed by atoms with van der Waals surface area (Å²) in [7, 11) is 0. The molecular formula is C15H18N2O2S. The highest BCUT2D eigenvalue weighted by atomic mass is 32.1. The van der Waals surface area contributed by atoms with Gasteiger partial charge in [-0.3, -0.25) is 4.79 Å². The van der Waals surface area contributed by atoms with Gasteiger partial charge in [-0.05, 0) is 30.7 Å². The maximum absolute atomic E-state index is 12.5. The van der Waals surface area contributed by atoms with E-state index in [0.29, 0.717) is 0 Å². The summed E-state index contributed by atoms with van der Waals surface area (Å²) in [6.07, 6.45) is 3.93. The van der Waals surface area contributed by atoms with E-state index in [2.05, 4.69) is 12.1 Å². The summed E-state index contributed by atoms with van der Waals surface area (Å²) >= 11 is 1.49. The maximum atomic E-state index is 12.5. The first-order valence-electron chi connectivity index (χ1n) is 7.09. The van der Waals surface area contributed by atoms with E-state index in [-0.39, 0.29) is 11.9 Å². The highest BCUT2D eigenvalue weighted by molar-refractivity contribution is 7.12. The summed E-state index contributed by atoms with van der Waals surface area (Å²) in [5, 5.41) is 6.10. The van der Waals surface area contributed by atoms with Gasteiger partial charge < -0.3 is 9.42 Å². The first-order chi connectivity index (χ1) is 9.79. The van der Waals surface area contributed by atoms with Gasteiger partial charge in [0.1, 0.15) is 11.5 Å². The molecule has 0 radical (unpaired) electrons. The predicted octanol–water partition coefficient (Wildman–Crippen LogP) is 3.67. The van der Waals surface area contributed by atoms with Crippen LogP contribution in [0.3, 0.4) is 0 Å². The van der Waals surface area contributed by atoms with Gasteiger partial charge in [0.25, 0.3) is 5.91 Å². The number of nitrogens with zero attached hydrogens (tertiary/aromatic N) is 2. The van der Waals surface area contributed by atoms with E-state index < -0.39 is 0 Å². The molecule has 0 unspecified atom stereocenters. The van der Waals surface area contributed by atoms with Gasteiger partial charge in [0.2, 0.25) is 0 Å². The van der Waals surface area contributed by atoms with Crippen LogP contribution in [0.15, 0.2) is 28.1 Å². The zero-order valence-electron chi connectivity index (χ0n) is 11.5. The minimum absolute atomic E-state index is 0.0685. The first kappa shape index (κ1) is 13.4. The lowest BCUT2D eigenvalue weighted by Crippen LogP contribution is -2.30. The van der Waals surface area contributed by atoms with Gasteiger partial charge in [0, 0.05) is 19.0 Å². The van der Waals surface area contributed by atoms with Crippen molar-refractivity contribution in [1.82, 2.24) is 10.1 Å². The van der Waals surface area contributed by atoms with Crippen molar-refractivity contribution in [3.05, 3.63) is 39.9 Å². The lowest BCUT2D eigenvalue weighted by atomic mass is 10.1. The quantitative estimate of drug-likeness (QED) is 0.863. The van der Waals surface area contributed by atoms with Gasteiger partial charge in [0.05, 0.1) is 10.9 Å². The molecule has 0 aromatic carbocycles. The molecule has 0 N–H and O–H groups in total. The third kappa shape index (κ3) is 2.50. The van der Waals surface area contributed by atoms with Gasteiger partial charge in [-0.2, -0.15) is 0 Å². The summed E-state index contributed by atoms with van der Waals surface area (Å²) in [6, 6.07) is 5.87. The number of hydrogen-bond acceptors (Lipinski definition) is 4. The van der Waals surface area contributed by atoms with E-state index in [1.807, 2.05) is 28.5 Å². The van der Waals surface area contributed by atoms with Gasteiger partial charge in [-0.1, -0.05) is 18.1 Å². The molecule has 0 bridgehead atoms. The van der Waals surface area contributed by atoms with Crippen LogP contribution in [0.5, 0.6) is 0 Å². The molecular weight excluding hydrogens is 272 g/mol. The van der Waals surface area contributed by atoms with Crippen LogP contribution in [-0.4, -0.2) is 22.5 Å². The number of rotatable bonds is 4. The SMILES string of the molecule is CCCc1cc([C@@H]2CCCN2C(=O)c2cccs2)no1. The third-order valence-electron chi connectivity index (χ3n) is 3.66. The molecule has 5 heteroatoms. The van der Waals surface area contributed by atoms with Crippen molar-refractivity contribution in [2.24, 2.45) is 0 Å². The largest absolute Gasteiger partial charge is 0.361 e. The van der Waals surface area contributed by atoms with Gasteiger partial charge in [-0.25, -0.2) is 0 Å². The molecule has 1 fully saturated rings. The van der Waals surface area contributed by atoms with Crippen LogP contribution in [0, 0.1) is 0 Å². The fourth-order valence-electron chi connectivity index (χ4n) is 2.71. The number of aromatic nitrogens is 1. The Labute approximate surface area is 122 Å². The summed E-state index contributed by atoms with van der Waals surface area (Å²) in [5.41, 5.74) is 0.899. The Hall–Kier alpha value is -1.62. The third-order valence-corrected chi connectivity index (χ3v) is 4.52. The minimum atomic E-state index is 0.0685. The zero-order chi connectivity index (χ0) is 13.9. The van der Waals surface area contributed by atoms with E-state index in [0.717, 1.165) is 48.6 Å². The van der Waals surface area contributed by atoms with Crippen LogP contribution in [0.1, 0.15) is 53.4 Å². The average molecular weight is 290 g/mol. The summed E-state index contributed by atoms with van der Waals surface area (Å²) < 4.78 is 5.35. The fourth-order valence-corrected chi connectivity index (χ4v) is 3.39. The van der Waals surface area contributed by atoms with Crippen molar-refractivity contribution < 1.29 is 9.32 Å². The Balaban J connectivity index is 1.79. The van der Waals surface area contributed by atoms with Crippen molar-refractivity contribution in [3.8, 4) is 0 Å². The highest BCUT2D eigenvalue weighted by Gasteiger charge is 2.33. The predicted molar refractivity (Wildman–Crippen MR) is 77.8 cm³/mol. The van der Waals surface area contributed by atoms with Gasteiger partial charge >= 0.3 is 0 Å². The number of carbonyl (C=O) groups excluding carboxylic acids is 1. The second-order valence-electron chi connectivity index (χ2n) is 5.10. The molecule has 1 atom stereocenters. The Bertz CT molecular complexity index is 576. The number of thiophene rings is 1. The average Bonchev–Trinajstić information content (AvgIpc) is 3.19. The number of carbonyl (C=O) groups is 1.